The van der Waals surface area contributed by atoms with Crippen LogP contribution in [0, 0.1) is 0 Å². The first-order chi connectivity index (χ1) is 26.2. The molecule has 53 heavy (non-hydrogen) atoms. The Kier molecular flexibility index (Phi) is 16.1. The zero-order chi connectivity index (χ0) is 36.5. The van der Waals surface area contributed by atoms with Gasteiger partial charge in [0.05, 0.1) is 39.6 Å². The molecule has 0 atom stereocenters. The fourth-order valence-electron chi connectivity index (χ4n) is 5.79. The molecular weight excluding hydrogens is 733 g/mol. The van der Waals surface area contributed by atoms with Crippen LogP contribution in [0.3, 0.4) is 0 Å². The summed E-state index contributed by atoms with van der Waals surface area (Å²) in [5.41, 5.74) is 4.88. The summed E-state index contributed by atoms with van der Waals surface area (Å²) in [6, 6.07) is 35.6. The van der Waals surface area contributed by atoms with Gasteiger partial charge in [0, 0.05) is 65.6 Å². The minimum Gasteiger partial charge on any atom is -0.382 e. The summed E-state index contributed by atoms with van der Waals surface area (Å²) in [4.78, 5) is 10.6. The van der Waals surface area contributed by atoms with E-state index >= 15 is 0 Å². The number of methoxy groups -OCH3 is 1. The van der Waals surface area contributed by atoms with Crippen LogP contribution in [-0.2, 0) is 31.8 Å². The Hall–Kier alpha value is -3.18. The third-order valence-electron chi connectivity index (χ3n) is 8.81. The largest absolute Gasteiger partial charge is 0.382 e. The van der Waals surface area contributed by atoms with Crippen LogP contribution in [0.2, 0.25) is 0 Å². The predicted molar refractivity (Wildman–Crippen MR) is 231 cm³/mol. The van der Waals surface area contributed by atoms with E-state index in [-0.39, 0.29) is 0 Å². The second kappa shape index (κ2) is 21.6. The van der Waals surface area contributed by atoms with Crippen molar-refractivity contribution in [1.82, 2.24) is 0 Å². The van der Waals surface area contributed by atoms with Crippen molar-refractivity contribution < 1.29 is 18.9 Å². The van der Waals surface area contributed by atoms with Crippen molar-refractivity contribution in [3.05, 3.63) is 118 Å². The summed E-state index contributed by atoms with van der Waals surface area (Å²) in [7, 11) is 1.70. The summed E-state index contributed by atoms with van der Waals surface area (Å²) in [5, 5.41) is 0. The second-order valence-corrected chi connectivity index (χ2v) is 17.3. The lowest BCUT2D eigenvalue weighted by molar-refractivity contribution is 0.0476. The van der Waals surface area contributed by atoms with Crippen molar-refractivity contribution in [2.75, 3.05) is 53.4 Å². The number of unbranched alkanes of at least 4 members (excludes halogenated alkanes) is 3. The number of hydrogen-bond acceptors (Lipinski definition) is 8. The quantitative estimate of drug-likeness (QED) is 0.0479. The normalized spacial score (nSPS) is 11.7. The van der Waals surface area contributed by atoms with Gasteiger partial charge in [-0.3, -0.25) is 0 Å². The molecule has 4 aromatic heterocycles. The molecule has 4 heterocycles. The SMILES string of the molecule is CCCCCCOCCOCCc1ccc(-c2ccc(-c3ccc(/C=C/c4ccc(-c5ccc(-c6ccc(CCOCCOC)s6)s5)cc4)cc3)s2)s1. The molecule has 0 saturated heterocycles. The average Bonchev–Trinajstić information content (AvgIpc) is 4.03. The van der Waals surface area contributed by atoms with Gasteiger partial charge in [0.2, 0.25) is 0 Å². The minimum absolute atomic E-state index is 0.642. The molecular formula is C45H50O4S4. The number of benzene rings is 2. The molecule has 0 spiro atoms. The van der Waals surface area contributed by atoms with Gasteiger partial charge in [0.1, 0.15) is 0 Å². The van der Waals surface area contributed by atoms with Crippen LogP contribution in [0.1, 0.15) is 53.5 Å². The van der Waals surface area contributed by atoms with Crippen LogP contribution in [-0.4, -0.2) is 53.4 Å². The van der Waals surface area contributed by atoms with Gasteiger partial charge in [-0.25, -0.2) is 0 Å². The summed E-state index contributed by atoms with van der Waals surface area (Å²) in [5.74, 6) is 0. The fraction of sp³-hybridized carbons (Fsp3) is 0.333. The predicted octanol–water partition coefficient (Wildman–Crippen LogP) is 13.1. The summed E-state index contributed by atoms with van der Waals surface area (Å²) in [6.07, 6.45) is 11.2. The first-order valence-corrected chi connectivity index (χ1v) is 21.9. The van der Waals surface area contributed by atoms with E-state index in [4.69, 9.17) is 18.9 Å². The Morgan fingerprint density at radius 3 is 1.34 bits per heavy atom. The van der Waals surface area contributed by atoms with E-state index in [1.807, 2.05) is 45.3 Å². The maximum Gasteiger partial charge on any atom is 0.0700 e. The van der Waals surface area contributed by atoms with E-state index in [1.165, 1.54) is 80.5 Å². The van der Waals surface area contributed by atoms with Crippen LogP contribution >= 0.6 is 45.3 Å². The highest BCUT2D eigenvalue weighted by Crippen LogP contribution is 2.39. The van der Waals surface area contributed by atoms with Gasteiger partial charge in [0.15, 0.2) is 0 Å². The van der Waals surface area contributed by atoms with Gasteiger partial charge in [0.25, 0.3) is 0 Å². The molecule has 0 unspecified atom stereocenters. The molecule has 0 N–H and O–H groups in total. The zero-order valence-electron chi connectivity index (χ0n) is 30.9. The van der Waals surface area contributed by atoms with E-state index in [2.05, 4.69) is 116 Å². The van der Waals surface area contributed by atoms with Crippen molar-refractivity contribution in [3.8, 4) is 40.4 Å². The van der Waals surface area contributed by atoms with Crippen molar-refractivity contribution in [2.45, 2.75) is 45.4 Å². The molecule has 0 fully saturated rings. The average molecular weight is 783 g/mol. The van der Waals surface area contributed by atoms with Crippen molar-refractivity contribution in [1.29, 1.82) is 0 Å². The monoisotopic (exact) mass is 782 g/mol. The highest BCUT2D eigenvalue weighted by atomic mass is 32.1. The third-order valence-corrected chi connectivity index (χ3v) is 13.8. The Morgan fingerprint density at radius 2 is 0.849 bits per heavy atom. The summed E-state index contributed by atoms with van der Waals surface area (Å²) >= 11 is 7.43. The molecule has 0 aliphatic carbocycles. The lowest BCUT2D eigenvalue weighted by atomic mass is 10.1. The lowest BCUT2D eigenvalue weighted by Crippen LogP contribution is -2.07. The molecule has 278 valence electrons. The number of rotatable bonds is 23. The van der Waals surface area contributed by atoms with E-state index in [0.717, 1.165) is 39.1 Å². The second-order valence-electron chi connectivity index (χ2n) is 12.8. The van der Waals surface area contributed by atoms with Crippen molar-refractivity contribution in [2.24, 2.45) is 0 Å². The van der Waals surface area contributed by atoms with Crippen LogP contribution in [0.25, 0.3) is 52.5 Å². The van der Waals surface area contributed by atoms with Crippen molar-refractivity contribution >= 4 is 57.5 Å². The lowest BCUT2D eigenvalue weighted by Gasteiger charge is -2.05. The highest BCUT2D eigenvalue weighted by Gasteiger charge is 2.10. The molecule has 8 heteroatoms. The first-order valence-electron chi connectivity index (χ1n) is 18.7. The van der Waals surface area contributed by atoms with Crippen LogP contribution < -0.4 is 0 Å². The molecule has 0 aliphatic heterocycles. The molecule has 4 nitrogen and oxygen atoms in total. The molecule has 0 aliphatic rings. The molecule has 6 rings (SSSR count). The van der Waals surface area contributed by atoms with E-state index in [9.17, 15) is 0 Å². The number of ether oxygens (including phenoxy) is 4. The highest BCUT2D eigenvalue weighted by molar-refractivity contribution is 7.24. The van der Waals surface area contributed by atoms with Crippen LogP contribution in [0.5, 0.6) is 0 Å². The van der Waals surface area contributed by atoms with E-state index < -0.39 is 0 Å². The van der Waals surface area contributed by atoms with E-state index in [0.29, 0.717) is 26.4 Å². The van der Waals surface area contributed by atoms with Gasteiger partial charge in [-0.05, 0) is 77.2 Å². The molecule has 2 aromatic carbocycles. The van der Waals surface area contributed by atoms with E-state index in [1.54, 1.807) is 7.11 Å². The fourth-order valence-corrected chi connectivity index (χ4v) is 9.97. The first kappa shape index (κ1) is 39.5. The molecule has 0 amide bonds. The number of hydrogen-bond donors (Lipinski definition) is 0. The van der Waals surface area contributed by atoms with Gasteiger partial charge in [-0.2, -0.15) is 0 Å². The van der Waals surface area contributed by atoms with Gasteiger partial charge in [-0.15, -0.1) is 45.3 Å². The smallest absolute Gasteiger partial charge is 0.0700 e. The van der Waals surface area contributed by atoms with Gasteiger partial charge >= 0.3 is 0 Å². The van der Waals surface area contributed by atoms with Gasteiger partial charge < -0.3 is 18.9 Å². The van der Waals surface area contributed by atoms with Crippen LogP contribution in [0.15, 0.2) is 97.1 Å². The zero-order valence-corrected chi connectivity index (χ0v) is 34.1. The maximum atomic E-state index is 5.82. The Balaban J connectivity index is 0.944. The summed E-state index contributed by atoms with van der Waals surface area (Å²) < 4.78 is 22.2. The molecule has 6 aromatic rings. The Bertz CT molecular complexity index is 1940. The van der Waals surface area contributed by atoms with Crippen LogP contribution in [0.4, 0.5) is 0 Å². The Labute approximate surface area is 331 Å². The topological polar surface area (TPSA) is 36.9 Å². The maximum absolute atomic E-state index is 5.82. The molecule has 0 radical (unpaired) electrons. The molecule has 0 saturated carbocycles. The summed E-state index contributed by atoms with van der Waals surface area (Å²) in [6.45, 7) is 7.20. The minimum atomic E-state index is 0.642. The number of thiophene rings is 4. The standard InChI is InChI=1S/C45H50O4S4/c1-3-4-5-6-27-47-32-33-49-29-26-39-18-20-43(51-39)45-24-22-41(53-45)37-15-11-35(12-16-37)8-7-34-9-13-36(14-10-34)40-21-23-44(52-40)42-19-17-38(50-42)25-28-48-31-30-46-2/h7-24H,3-6,25-33H2,1-2H3/b8-7+. The third kappa shape index (κ3) is 12.4. The van der Waals surface area contributed by atoms with Gasteiger partial charge in [-0.1, -0.05) is 86.9 Å². The molecule has 0 bridgehead atoms. The van der Waals surface area contributed by atoms with Crippen molar-refractivity contribution in [3.63, 3.8) is 0 Å². The Morgan fingerprint density at radius 1 is 0.415 bits per heavy atom.